The molecule has 1 aliphatic heterocycles. The smallest absolute Gasteiger partial charge is 0.276 e. The molecule has 1 aromatic carbocycles. The number of hydrogen-bond donors (Lipinski definition) is 3. The van der Waals surface area contributed by atoms with E-state index in [0.717, 1.165) is 54.3 Å². The minimum atomic E-state index is -0.177. The second-order valence-electron chi connectivity index (χ2n) is 6.76. The summed E-state index contributed by atoms with van der Waals surface area (Å²) in [6.07, 6.45) is 0.871. The number of halogens is 1. The number of fused-ring (bicyclic) bond motifs is 1. The van der Waals surface area contributed by atoms with Crippen molar-refractivity contribution in [1.82, 2.24) is 25.4 Å². The SMILES string of the molecule is CN(Cc1cccc(NC(=O)c2n[nH]c3c2CNCC3)c1)Cc1cscn1.Cl. The first kappa shape index (κ1) is 20.5. The summed E-state index contributed by atoms with van der Waals surface area (Å²) >= 11 is 1.61. The van der Waals surface area contributed by atoms with E-state index in [4.69, 9.17) is 0 Å². The molecule has 0 spiro atoms. The van der Waals surface area contributed by atoms with E-state index in [2.05, 4.69) is 49.2 Å². The van der Waals surface area contributed by atoms with Gasteiger partial charge in [0.15, 0.2) is 5.69 Å². The lowest BCUT2D eigenvalue weighted by Gasteiger charge is -2.16. The van der Waals surface area contributed by atoms with Gasteiger partial charge in [0.05, 0.1) is 11.2 Å². The van der Waals surface area contributed by atoms with Crippen LogP contribution in [-0.4, -0.2) is 39.6 Å². The molecule has 2 aromatic heterocycles. The minimum absolute atomic E-state index is 0. The third kappa shape index (κ3) is 4.77. The molecule has 28 heavy (non-hydrogen) atoms. The fourth-order valence-electron chi connectivity index (χ4n) is 3.31. The van der Waals surface area contributed by atoms with Gasteiger partial charge in [0.1, 0.15) is 0 Å². The number of anilines is 1. The second-order valence-corrected chi connectivity index (χ2v) is 7.48. The third-order valence-corrected chi connectivity index (χ3v) is 5.21. The van der Waals surface area contributed by atoms with Gasteiger partial charge in [-0.2, -0.15) is 5.10 Å². The van der Waals surface area contributed by atoms with Crippen molar-refractivity contribution in [2.75, 3.05) is 18.9 Å². The molecule has 0 aliphatic carbocycles. The van der Waals surface area contributed by atoms with Crippen LogP contribution >= 0.6 is 23.7 Å². The van der Waals surface area contributed by atoms with Gasteiger partial charge < -0.3 is 10.6 Å². The first-order chi connectivity index (χ1) is 13.2. The van der Waals surface area contributed by atoms with Gasteiger partial charge in [-0.05, 0) is 24.7 Å². The molecule has 1 aliphatic rings. The van der Waals surface area contributed by atoms with Crippen LogP contribution in [0.2, 0.25) is 0 Å². The van der Waals surface area contributed by atoms with Crippen LogP contribution in [0.15, 0.2) is 35.2 Å². The van der Waals surface area contributed by atoms with E-state index in [1.54, 1.807) is 11.3 Å². The largest absolute Gasteiger partial charge is 0.321 e. The number of carbonyl (C=O) groups excluding carboxylic acids is 1. The van der Waals surface area contributed by atoms with Crippen molar-refractivity contribution >= 4 is 35.3 Å². The highest BCUT2D eigenvalue weighted by Gasteiger charge is 2.21. The molecule has 0 fully saturated rings. The molecule has 0 saturated heterocycles. The van der Waals surface area contributed by atoms with Gasteiger partial charge in [-0.3, -0.25) is 14.8 Å². The number of thiazole rings is 1. The maximum absolute atomic E-state index is 12.7. The normalized spacial score (nSPS) is 13.1. The first-order valence-electron chi connectivity index (χ1n) is 8.92. The summed E-state index contributed by atoms with van der Waals surface area (Å²) in [4.78, 5) is 19.2. The molecule has 9 heteroatoms. The molecule has 148 valence electrons. The van der Waals surface area contributed by atoms with E-state index in [9.17, 15) is 4.79 Å². The van der Waals surface area contributed by atoms with Crippen molar-refractivity contribution in [2.45, 2.75) is 26.1 Å². The fourth-order valence-corrected chi connectivity index (χ4v) is 3.86. The molecular weight excluding hydrogens is 396 g/mol. The minimum Gasteiger partial charge on any atom is -0.321 e. The van der Waals surface area contributed by atoms with Crippen LogP contribution in [0, 0.1) is 0 Å². The van der Waals surface area contributed by atoms with Gasteiger partial charge in [0.25, 0.3) is 5.91 Å². The zero-order chi connectivity index (χ0) is 18.6. The van der Waals surface area contributed by atoms with Gasteiger partial charge in [0.2, 0.25) is 0 Å². The van der Waals surface area contributed by atoms with Crippen LogP contribution in [0.5, 0.6) is 0 Å². The molecule has 3 aromatic rings. The summed E-state index contributed by atoms with van der Waals surface area (Å²) in [6, 6.07) is 7.93. The molecule has 0 radical (unpaired) electrons. The molecule has 1 amide bonds. The van der Waals surface area contributed by atoms with Gasteiger partial charge in [-0.15, -0.1) is 23.7 Å². The molecular formula is C19H23ClN6OS. The molecule has 0 unspecified atom stereocenters. The quantitative estimate of drug-likeness (QED) is 0.573. The Morgan fingerprint density at radius 1 is 1.36 bits per heavy atom. The molecule has 4 rings (SSSR count). The van der Waals surface area contributed by atoms with Gasteiger partial charge in [-0.25, -0.2) is 4.98 Å². The van der Waals surface area contributed by atoms with Crippen molar-refractivity contribution in [3.8, 4) is 0 Å². The van der Waals surface area contributed by atoms with Crippen molar-refractivity contribution in [1.29, 1.82) is 0 Å². The average molecular weight is 419 g/mol. The highest BCUT2D eigenvalue weighted by molar-refractivity contribution is 7.07. The summed E-state index contributed by atoms with van der Waals surface area (Å²) in [5.41, 5.74) is 7.33. The Bertz CT molecular complexity index is 926. The van der Waals surface area contributed by atoms with Gasteiger partial charge >= 0.3 is 0 Å². The van der Waals surface area contributed by atoms with Crippen LogP contribution in [0.3, 0.4) is 0 Å². The maximum Gasteiger partial charge on any atom is 0.276 e. The standard InChI is InChI=1S/C19H22N6OS.ClH/c1-25(10-15-11-27-12-21-15)9-13-3-2-4-14(7-13)22-19(26)18-16-8-20-6-5-17(16)23-24-18;/h2-4,7,11-12,20H,5-6,8-10H2,1H3,(H,22,26)(H,23,24);1H. The molecule has 7 nitrogen and oxygen atoms in total. The molecule has 0 saturated carbocycles. The lowest BCUT2D eigenvalue weighted by molar-refractivity contribution is 0.102. The van der Waals surface area contributed by atoms with Crippen molar-refractivity contribution in [2.24, 2.45) is 0 Å². The zero-order valence-corrected chi connectivity index (χ0v) is 17.2. The fraction of sp³-hybridized carbons (Fsp3) is 0.316. The van der Waals surface area contributed by atoms with Crippen molar-refractivity contribution in [3.63, 3.8) is 0 Å². The van der Waals surface area contributed by atoms with Crippen molar-refractivity contribution < 1.29 is 4.79 Å². The zero-order valence-electron chi connectivity index (χ0n) is 15.6. The second kappa shape index (κ2) is 9.29. The predicted octanol–water partition coefficient (Wildman–Crippen LogP) is 2.82. The topological polar surface area (TPSA) is 85.9 Å². The van der Waals surface area contributed by atoms with Gasteiger partial charge in [-0.1, -0.05) is 12.1 Å². The monoisotopic (exact) mass is 418 g/mol. The number of amides is 1. The highest BCUT2D eigenvalue weighted by atomic mass is 35.5. The number of H-pyrrole nitrogens is 1. The van der Waals surface area contributed by atoms with E-state index >= 15 is 0 Å². The van der Waals surface area contributed by atoms with E-state index in [1.807, 2.05) is 23.7 Å². The van der Waals surface area contributed by atoms with Crippen molar-refractivity contribution in [3.05, 3.63) is 63.4 Å². The average Bonchev–Trinajstić information content (AvgIpc) is 3.31. The number of aromatic amines is 1. The van der Waals surface area contributed by atoms with E-state index < -0.39 is 0 Å². The predicted molar refractivity (Wildman–Crippen MR) is 113 cm³/mol. The van der Waals surface area contributed by atoms with Crippen LogP contribution in [0.1, 0.15) is 33.0 Å². The number of nitrogens with zero attached hydrogens (tertiary/aromatic N) is 3. The Balaban J connectivity index is 0.00000225. The van der Waals surface area contributed by atoms with E-state index in [1.165, 1.54) is 0 Å². The number of nitrogens with one attached hydrogen (secondary N) is 3. The third-order valence-electron chi connectivity index (χ3n) is 4.57. The lowest BCUT2D eigenvalue weighted by atomic mass is 10.1. The summed E-state index contributed by atoms with van der Waals surface area (Å²) < 4.78 is 0. The number of aromatic nitrogens is 3. The number of benzene rings is 1. The first-order valence-corrected chi connectivity index (χ1v) is 9.86. The number of hydrogen-bond acceptors (Lipinski definition) is 6. The summed E-state index contributed by atoms with van der Waals surface area (Å²) in [6.45, 7) is 3.16. The number of rotatable bonds is 6. The Hall–Kier alpha value is -2.26. The Morgan fingerprint density at radius 3 is 3.07 bits per heavy atom. The van der Waals surface area contributed by atoms with Crippen LogP contribution in [0.25, 0.3) is 0 Å². The number of carbonyl (C=O) groups is 1. The Morgan fingerprint density at radius 2 is 2.25 bits per heavy atom. The molecule has 0 atom stereocenters. The Kier molecular flexibility index (Phi) is 6.79. The van der Waals surface area contributed by atoms with Gasteiger partial charge in [0, 0.05) is 54.9 Å². The Labute approximate surface area is 174 Å². The van der Waals surface area contributed by atoms with E-state index in [-0.39, 0.29) is 18.3 Å². The lowest BCUT2D eigenvalue weighted by Crippen LogP contribution is -2.25. The van der Waals surface area contributed by atoms with Crippen LogP contribution in [0.4, 0.5) is 5.69 Å². The summed E-state index contributed by atoms with van der Waals surface area (Å²) in [5, 5.41) is 15.5. The highest BCUT2D eigenvalue weighted by Crippen LogP contribution is 2.18. The van der Waals surface area contributed by atoms with Crippen LogP contribution < -0.4 is 10.6 Å². The van der Waals surface area contributed by atoms with E-state index in [0.29, 0.717) is 12.2 Å². The maximum atomic E-state index is 12.7. The molecule has 3 N–H and O–H groups in total. The summed E-state index contributed by atoms with van der Waals surface area (Å²) in [7, 11) is 2.06. The molecule has 0 bridgehead atoms. The molecule has 3 heterocycles. The summed E-state index contributed by atoms with van der Waals surface area (Å²) in [5.74, 6) is -0.177. The van der Waals surface area contributed by atoms with Crippen LogP contribution in [-0.2, 0) is 26.1 Å².